The summed E-state index contributed by atoms with van der Waals surface area (Å²) in [7, 11) is 0. The first-order valence-electron chi connectivity index (χ1n) is 6.63. The summed E-state index contributed by atoms with van der Waals surface area (Å²) >= 11 is 0. The molecule has 0 fully saturated rings. The highest BCUT2D eigenvalue weighted by Crippen LogP contribution is 2.31. The van der Waals surface area contributed by atoms with Gasteiger partial charge in [-0.2, -0.15) is 0 Å². The molecule has 106 valence electrons. The lowest BCUT2D eigenvalue weighted by Gasteiger charge is -2.11. The maximum Gasteiger partial charge on any atom is 0.126 e. The summed E-state index contributed by atoms with van der Waals surface area (Å²) in [5.41, 5.74) is 8.71. The van der Waals surface area contributed by atoms with Crippen molar-refractivity contribution in [3.8, 4) is 11.1 Å². The Balaban J connectivity index is 2.34. The highest BCUT2D eigenvalue weighted by molar-refractivity contribution is 5.97. The van der Waals surface area contributed by atoms with Gasteiger partial charge < -0.3 is 5.73 Å². The van der Waals surface area contributed by atoms with E-state index in [0.29, 0.717) is 17.7 Å². The van der Waals surface area contributed by atoms with Crippen molar-refractivity contribution in [1.29, 1.82) is 0 Å². The van der Waals surface area contributed by atoms with E-state index in [0.717, 1.165) is 28.1 Å². The molecule has 0 aliphatic heterocycles. The van der Waals surface area contributed by atoms with Crippen LogP contribution in [0.4, 0.5) is 8.78 Å². The molecule has 1 aromatic heterocycles. The van der Waals surface area contributed by atoms with Gasteiger partial charge in [0.05, 0.1) is 5.69 Å². The van der Waals surface area contributed by atoms with Crippen LogP contribution in [-0.2, 0) is 6.54 Å². The molecule has 1 heterocycles. The van der Waals surface area contributed by atoms with Crippen LogP contribution in [0.2, 0.25) is 0 Å². The van der Waals surface area contributed by atoms with Gasteiger partial charge in [-0.3, -0.25) is 4.98 Å². The molecule has 2 nitrogen and oxygen atoms in total. The SMILES string of the molecule is Cc1ccc2c(CN)ncc(-c3cc(F)cc(F)c3)c2c1. The average molecular weight is 284 g/mol. The molecule has 0 aliphatic carbocycles. The number of benzene rings is 2. The zero-order valence-electron chi connectivity index (χ0n) is 11.5. The van der Waals surface area contributed by atoms with E-state index in [1.165, 1.54) is 12.1 Å². The van der Waals surface area contributed by atoms with E-state index in [-0.39, 0.29) is 0 Å². The number of nitrogens with two attached hydrogens (primary N) is 1. The lowest BCUT2D eigenvalue weighted by Crippen LogP contribution is -2.01. The van der Waals surface area contributed by atoms with E-state index < -0.39 is 11.6 Å². The van der Waals surface area contributed by atoms with Crippen LogP contribution in [0.25, 0.3) is 21.9 Å². The highest BCUT2D eigenvalue weighted by Gasteiger charge is 2.10. The molecule has 4 heteroatoms. The lowest BCUT2D eigenvalue weighted by molar-refractivity contribution is 0.584. The predicted octanol–water partition coefficient (Wildman–Crippen LogP) is 3.95. The first-order valence-corrected chi connectivity index (χ1v) is 6.63. The van der Waals surface area contributed by atoms with Crippen molar-refractivity contribution >= 4 is 10.8 Å². The summed E-state index contributed by atoms with van der Waals surface area (Å²) in [5, 5.41) is 1.81. The van der Waals surface area contributed by atoms with Gasteiger partial charge >= 0.3 is 0 Å². The molecule has 3 rings (SSSR count). The minimum Gasteiger partial charge on any atom is -0.325 e. The van der Waals surface area contributed by atoms with Gasteiger partial charge in [0.2, 0.25) is 0 Å². The highest BCUT2D eigenvalue weighted by atomic mass is 19.1. The van der Waals surface area contributed by atoms with Crippen LogP contribution in [0, 0.1) is 18.6 Å². The second-order valence-electron chi connectivity index (χ2n) is 5.03. The minimum absolute atomic E-state index is 0.317. The molecule has 0 bridgehead atoms. The van der Waals surface area contributed by atoms with Gasteiger partial charge in [-0.15, -0.1) is 0 Å². The second kappa shape index (κ2) is 5.22. The maximum atomic E-state index is 13.5. The average Bonchev–Trinajstić information content (AvgIpc) is 2.44. The smallest absolute Gasteiger partial charge is 0.126 e. The normalized spacial score (nSPS) is 11.0. The van der Waals surface area contributed by atoms with Crippen LogP contribution in [-0.4, -0.2) is 4.98 Å². The van der Waals surface area contributed by atoms with Gasteiger partial charge in [0.25, 0.3) is 0 Å². The second-order valence-corrected chi connectivity index (χ2v) is 5.03. The summed E-state index contributed by atoms with van der Waals surface area (Å²) < 4.78 is 26.9. The Kier molecular flexibility index (Phi) is 3.39. The van der Waals surface area contributed by atoms with Crippen molar-refractivity contribution < 1.29 is 8.78 Å². The van der Waals surface area contributed by atoms with E-state index in [1.54, 1.807) is 6.20 Å². The molecule has 0 aliphatic rings. The summed E-state index contributed by atoms with van der Waals surface area (Å²) in [4.78, 5) is 4.32. The molecule has 0 atom stereocenters. The Labute approximate surface area is 121 Å². The van der Waals surface area contributed by atoms with E-state index >= 15 is 0 Å². The molecule has 0 saturated heterocycles. The quantitative estimate of drug-likeness (QED) is 0.774. The third kappa shape index (κ3) is 2.50. The molecule has 0 spiro atoms. The number of aryl methyl sites for hydroxylation is 1. The third-order valence-corrected chi connectivity index (χ3v) is 3.49. The topological polar surface area (TPSA) is 38.9 Å². The van der Waals surface area contributed by atoms with Crippen molar-refractivity contribution in [3.05, 3.63) is 65.5 Å². The van der Waals surface area contributed by atoms with Gasteiger partial charge in [0.1, 0.15) is 11.6 Å². The fourth-order valence-electron chi connectivity index (χ4n) is 2.52. The predicted molar refractivity (Wildman–Crippen MR) is 79.7 cm³/mol. The molecule has 21 heavy (non-hydrogen) atoms. The largest absolute Gasteiger partial charge is 0.325 e. The van der Waals surface area contributed by atoms with E-state index in [9.17, 15) is 8.78 Å². The lowest BCUT2D eigenvalue weighted by atomic mass is 9.97. The molecular weight excluding hydrogens is 270 g/mol. The molecule has 2 aromatic carbocycles. The number of nitrogens with zero attached hydrogens (tertiary/aromatic N) is 1. The van der Waals surface area contributed by atoms with E-state index in [1.807, 2.05) is 25.1 Å². The van der Waals surface area contributed by atoms with E-state index in [2.05, 4.69) is 4.98 Å². The summed E-state index contributed by atoms with van der Waals surface area (Å²) in [6.07, 6.45) is 1.62. The van der Waals surface area contributed by atoms with Gasteiger partial charge in [-0.1, -0.05) is 23.8 Å². The fourth-order valence-corrected chi connectivity index (χ4v) is 2.52. The maximum absolute atomic E-state index is 13.5. The number of halogens is 2. The Bertz CT molecular complexity index is 808. The Hall–Kier alpha value is -2.33. The first-order chi connectivity index (χ1) is 10.1. The molecule has 0 amide bonds. The van der Waals surface area contributed by atoms with Gasteiger partial charge in [-0.05, 0) is 30.0 Å². The van der Waals surface area contributed by atoms with Crippen LogP contribution in [0.15, 0.2) is 42.6 Å². The summed E-state index contributed by atoms with van der Waals surface area (Å²) in [6.45, 7) is 2.29. The van der Waals surface area contributed by atoms with Crippen LogP contribution in [0.3, 0.4) is 0 Å². The first kappa shape index (κ1) is 13.6. The molecule has 0 unspecified atom stereocenters. The van der Waals surface area contributed by atoms with Crippen LogP contribution >= 0.6 is 0 Å². The molecule has 2 N–H and O–H groups in total. The van der Waals surface area contributed by atoms with Crippen LogP contribution < -0.4 is 5.73 Å². The number of aromatic nitrogens is 1. The number of fused-ring (bicyclic) bond motifs is 1. The van der Waals surface area contributed by atoms with Crippen molar-refractivity contribution in [2.24, 2.45) is 5.73 Å². The zero-order chi connectivity index (χ0) is 15.0. The van der Waals surface area contributed by atoms with Crippen molar-refractivity contribution in [1.82, 2.24) is 4.98 Å². The number of rotatable bonds is 2. The van der Waals surface area contributed by atoms with E-state index in [4.69, 9.17) is 5.73 Å². The monoisotopic (exact) mass is 284 g/mol. The van der Waals surface area contributed by atoms with Crippen molar-refractivity contribution in [2.45, 2.75) is 13.5 Å². The molecular formula is C17H14F2N2. The zero-order valence-corrected chi connectivity index (χ0v) is 11.5. The molecule has 0 radical (unpaired) electrons. The molecule has 3 aromatic rings. The summed E-state index contributed by atoms with van der Waals surface area (Å²) in [5.74, 6) is -1.21. The number of pyridine rings is 1. The summed E-state index contributed by atoms with van der Waals surface area (Å²) in [6, 6.07) is 9.37. The fraction of sp³-hybridized carbons (Fsp3) is 0.118. The van der Waals surface area contributed by atoms with Crippen molar-refractivity contribution in [2.75, 3.05) is 0 Å². The van der Waals surface area contributed by atoms with Crippen molar-refractivity contribution in [3.63, 3.8) is 0 Å². The minimum atomic E-state index is -0.603. The Morgan fingerprint density at radius 1 is 1.00 bits per heavy atom. The number of hydrogen-bond acceptors (Lipinski definition) is 2. The Morgan fingerprint density at radius 3 is 2.38 bits per heavy atom. The van der Waals surface area contributed by atoms with Gasteiger partial charge in [-0.25, -0.2) is 8.78 Å². The van der Waals surface area contributed by atoms with Crippen LogP contribution in [0.5, 0.6) is 0 Å². The standard InChI is InChI=1S/C17H14F2N2/c1-10-2-3-14-15(4-10)16(9-21-17(14)8-20)11-5-12(18)7-13(19)6-11/h2-7,9H,8,20H2,1H3. The van der Waals surface area contributed by atoms with Gasteiger partial charge in [0, 0.05) is 29.8 Å². The van der Waals surface area contributed by atoms with Crippen LogP contribution in [0.1, 0.15) is 11.3 Å². The third-order valence-electron chi connectivity index (χ3n) is 3.49. The Morgan fingerprint density at radius 2 is 1.71 bits per heavy atom. The van der Waals surface area contributed by atoms with Gasteiger partial charge in [0.15, 0.2) is 0 Å². The molecule has 0 saturated carbocycles. The number of hydrogen-bond donors (Lipinski definition) is 1.